The maximum absolute atomic E-state index is 12.3. The summed E-state index contributed by atoms with van der Waals surface area (Å²) in [6.45, 7) is 1.58. The van der Waals surface area contributed by atoms with E-state index in [4.69, 9.17) is 9.84 Å². The Kier molecular flexibility index (Phi) is 4.66. The molecule has 1 aromatic heterocycles. The molecule has 0 saturated heterocycles. The lowest BCUT2D eigenvalue weighted by Crippen LogP contribution is -2.23. The molecule has 21 heavy (non-hydrogen) atoms. The number of anilines is 1. The molecule has 1 atom stereocenters. The van der Waals surface area contributed by atoms with Crippen molar-refractivity contribution in [3.8, 4) is 0 Å². The lowest BCUT2D eigenvalue weighted by atomic mass is 10.1. The number of carbonyl (C=O) groups is 2. The molecule has 0 saturated carbocycles. The van der Waals surface area contributed by atoms with Gasteiger partial charge in [0.1, 0.15) is 10.6 Å². The van der Waals surface area contributed by atoms with E-state index in [1.165, 1.54) is 7.11 Å². The van der Waals surface area contributed by atoms with Gasteiger partial charge in [0.05, 0.1) is 5.69 Å². The molecule has 0 spiro atoms. The maximum Gasteiger partial charge on any atom is 0.340 e. The molecule has 2 N–H and O–H groups in total. The monoisotopic (exact) mass is 306 g/mol. The first-order chi connectivity index (χ1) is 10.0. The summed E-state index contributed by atoms with van der Waals surface area (Å²) < 4.78 is 9.16. The molecule has 6 nitrogen and oxygen atoms in total. The van der Waals surface area contributed by atoms with Crippen molar-refractivity contribution in [1.29, 1.82) is 0 Å². The van der Waals surface area contributed by atoms with Gasteiger partial charge in [0.25, 0.3) is 5.91 Å². The number of carbonyl (C=O) groups excluding carboxylic acids is 1. The van der Waals surface area contributed by atoms with Crippen molar-refractivity contribution in [1.82, 2.24) is 4.37 Å². The van der Waals surface area contributed by atoms with Crippen LogP contribution in [0.2, 0.25) is 0 Å². The van der Waals surface area contributed by atoms with E-state index < -0.39 is 18.0 Å². The second kappa shape index (κ2) is 6.47. The van der Waals surface area contributed by atoms with Crippen LogP contribution in [-0.2, 0) is 9.53 Å². The Bertz CT molecular complexity index is 654. The molecule has 1 heterocycles. The van der Waals surface area contributed by atoms with Crippen molar-refractivity contribution in [2.24, 2.45) is 0 Å². The Morgan fingerprint density at radius 2 is 2.00 bits per heavy atom. The number of carboxylic acids is 1. The number of hydrogen-bond donors (Lipinski definition) is 2. The number of methoxy groups -OCH3 is 1. The van der Waals surface area contributed by atoms with E-state index in [9.17, 15) is 9.59 Å². The Morgan fingerprint density at radius 1 is 1.33 bits per heavy atom. The molecule has 2 aromatic rings. The van der Waals surface area contributed by atoms with Crippen molar-refractivity contribution in [2.45, 2.75) is 13.0 Å². The highest BCUT2D eigenvalue weighted by Crippen LogP contribution is 2.26. The predicted octanol–water partition coefficient (Wildman–Crippen LogP) is 2.48. The topological polar surface area (TPSA) is 88.5 Å². The van der Waals surface area contributed by atoms with Crippen molar-refractivity contribution < 1.29 is 19.4 Å². The molecule has 0 aliphatic rings. The fourth-order valence-corrected chi connectivity index (χ4v) is 2.70. The van der Waals surface area contributed by atoms with E-state index in [0.29, 0.717) is 11.3 Å². The zero-order valence-electron chi connectivity index (χ0n) is 11.5. The second-order valence-electron chi connectivity index (χ2n) is 4.29. The number of rotatable bonds is 5. The van der Waals surface area contributed by atoms with Crippen LogP contribution in [0.15, 0.2) is 30.3 Å². The van der Waals surface area contributed by atoms with Crippen LogP contribution in [0.5, 0.6) is 0 Å². The van der Waals surface area contributed by atoms with Crippen molar-refractivity contribution in [3.63, 3.8) is 0 Å². The van der Waals surface area contributed by atoms with Gasteiger partial charge in [-0.05, 0) is 24.0 Å². The van der Waals surface area contributed by atoms with E-state index in [0.717, 1.165) is 11.5 Å². The van der Waals surface area contributed by atoms with Crippen LogP contribution >= 0.6 is 11.5 Å². The van der Waals surface area contributed by atoms with Gasteiger partial charge in [0, 0.05) is 7.11 Å². The number of nitrogens with zero attached hydrogens (tertiary/aromatic N) is 1. The zero-order valence-corrected chi connectivity index (χ0v) is 12.3. The van der Waals surface area contributed by atoms with Crippen LogP contribution < -0.4 is 5.32 Å². The molecule has 0 radical (unpaired) electrons. The van der Waals surface area contributed by atoms with Crippen molar-refractivity contribution in [3.05, 3.63) is 47.2 Å². The van der Waals surface area contributed by atoms with Crippen LogP contribution in [0.4, 0.5) is 5.00 Å². The Hall–Kier alpha value is -2.25. The molecule has 0 aliphatic carbocycles. The SMILES string of the molecule is COC(C(=O)Nc1snc(C)c1C(=O)O)c1ccccc1. The lowest BCUT2D eigenvalue weighted by molar-refractivity contribution is -0.126. The summed E-state index contributed by atoms with van der Waals surface area (Å²) in [6, 6.07) is 8.97. The Balaban J connectivity index is 2.23. The zero-order chi connectivity index (χ0) is 15.4. The molecule has 110 valence electrons. The highest BCUT2D eigenvalue weighted by atomic mass is 32.1. The maximum atomic E-state index is 12.3. The molecule has 1 unspecified atom stereocenters. The van der Waals surface area contributed by atoms with Gasteiger partial charge >= 0.3 is 5.97 Å². The highest BCUT2D eigenvalue weighted by molar-refractivity contribution is 7.11. The van der Waals surface area contributed by atoms with Gasteiger partial charge in [-0.25, -0.2) is 4.79 Å². The second-order valence-corrected chi connectivity index (χ2v) is 5.07. The third kappa shape index (κ3) is 3.26. The standard InChI is InChI=1S/C14H14N2O4S/c1-8-10(14(18)19)13(21-16-8)15-12(17)11(20-2)9-6-4-3-5-7-9/h3-7,11H,1-2H3,(H,15,17)(H,18,19). The molecular formula is C14H14N2O4S. The average molecular weight is 306 g/mol. The van der Waals surface area contributed by atoms with Crippen molar-refractivity contribution >= 4 is 28.4 Å². The summed E-state index contributed by atoms with van der Waals surface area (Å²) in [5.74, 6) is -1.56. The summed E-state index contributed by atoms with van der Waals surface area (Å²) in [5, 5.41) is 11.9. The predicted molar refractivity (Wildman–Crippen MR) is 78.6 cm³/mol. The number of hydrogen-bond acceptors (Lipinski definition) is 5. The van der Waals surface area contributed by atoms with E-state index >= 15 is 0 Å². The first kappa shape index (κ1) is 15.1. The summed E-state index contributed by atoms with van der Waals surface area (Å²) in [7, 11) is 1.42. The number of aromatic nitrogens is 1. The minimum atomic E-state index is -1.12. The largest absolute Gasteiger partial charge is 0.478 e. The fourth-order valence-electron chi connectivity index (χ4n) is 1.91. The molecule has 0 bridgehead atoms. The van der Waals surface area contributed by atoms with Crippen molar-refractivity contribution in [2.75, 3.05) is 12.4 Å². The van der Waals surface area contributed by atoms with Crippen LogP contribution in [0.25, 0.3) is 0 Å². The first-order valence-corrected chi connectivity index (χ1v) is 6.90. The summed E-state index contributed by atoms with van der Waals surface area (Å²) in [5.41, 5.74) is 1.07. The van der Waals surface area contributed by atoms with Gasteiger partial charge in [-0.15, -0.1) is 0 Å². The van der Waals surface area contributed by atoms with E-state index in [2.05, 4.69) is 9.69 Å². The molecule has 7 heteroatoms. The summed E-state index contributed by atoms with van der Waals surface area (Å²) in [6.07, 6.45) is -0.810. The third-order valence-electron chi connectivity index (χ3n) is 2.89. The van der Waals surface area contributed by atoms with Gasteiger partial charge in [-0.1, -0.05) is 30.3 Å². The smallest absolute Gasteiger partial charge is 0.340 e. The Morgan fingerprint density at radius 3 is 2.57 bits per heavy atom. The number of aromatic carboxylic acids is 1. The minimum Gasteiger partial charge on any atom is -0.478 e. The fraction of sp³-hybridized carbons (Fsp3) is 0.214. The first-order valence-electron chi connectivity index (χ1n) is 6.12. The van der Waals surface area contributed by atoms with E-state index in [-0.39, 0.29) is 10.6 Å². The molecular weight excluding hydrogens is 292 g/mol. The van der Waals surface area contributed by atoms with Crippen LogP contribution in [0.1, 0.15) is 27.7 Å². The van der Waals surface area contributed by atoms with Gasteiger partial charge in [0.2, 0.25) is 0 Å². The van der Waals surface area contributed by atoms with Gasteiger partial charge < -0.3 is 15.2 Å². The number of ether oxygens (including phenoxy) is 1. The number of aryl methyl sites for hydroxylation is 1. The molecule has 1 aromatic carbocycles. The summed E-state index contributed by atoms with van der Waals surface area (Å²) >= 11 is 0.938. The van der Waals surface area contributed by atoms with Gasteiger partial charge in [0.15, 0.2) is 6.10 Å². The molecule has 2 rings (SSSR count). The highest BCUT2D eigenvalue weighted by Gasteiger charge is 2.24. The van der Waals surface area contributed by atoms with Crippen LogP contribution in [-0.4, -0.2) is 28.5 Å². The van der Waals surface area contributed by atoms with Crippen LogP contribution in [0.3, 0.4) is 0 Å². The lowest BCUT2D eigenvalue weighted by Gasteiger charge is -2.15. The van der Waals surface area contributed by atoms with E-state index in [1.807, 2.05) is 6.07 Å². The van der Waals surface area contributed by atoms with Gasteiger partial charge in [-0.3, -0.25) is 4.79 Å². The molecule has 0 fully saturated rings. The molecule has 0 aliphatic heterocycles. The number of benzene rings is 1. The normalized spacial score (nSPS) is 11.9. The minimum absolute atomic E-state index is 0.0104. The van der Waals surface area contributed by atoms with Gasteiger partial charge in [-0.2, -0.15) is 4.37 Å². The number of nitrogens with one attached hydrogen (secondary N) is 1. The Labute approximate surface area is 125 Å². The molecule has 1 amide bonds. The number of carboxylic acid groups (broad SMARTS) is 1. The van der Waals surface area contributed by atoms with Crippen LogP contribution in [0, 0.1) is 6.92 Å². The van der Waals surface area contributed by atoms with E-state index in [1.54, 1.807) is 31.2 Å². The number of amides is 1. The quantitative estimate of drug-likeness (QED) is 0.886. The average Bonchev–Trinajstić information content (AvgIpc) is 2.81. The summed E-state index contributed by atoms with van der Waals surface area (Å²) in [4.78, 5) is 23.5. The third-order valence-corrected chi connectivity index (χ3v) is 3.74.